The number of benzene rings is 1. The predicted molar refractivity (Wildman–Crippen MR) is 97.4 cm³/mol. The monoisotopic (exact) mass is 368 g/mol. The van der Waals surface area contributed by atoms with Crippen molar-refractivity contribution >= 4 is 11.6 Å². The van der Waals surface area contributed by atoms with Crippen LogP contribution >= 0.6 is 0 Å². The summed E-state index contributed by atoms with van der Waals surface area (Å²) in [6.07, 6.45) is 1.45. The fourth-order valence-corrected chi connectivity index (χ4v) is 2.91. The Hall–Kier alpha value is -3.13. The number of morpholine rings is 1. The SMILES string of the molecule is CC(NC(=O)c1ccco1)c1nc(-c2ccc(N3CCOCC3)cc2)no1. The molecular formula is C19H20N4O4. The van der Waals surface area contributed by atoms with E-state index in [0.717, 1.165) is 37.6 Å². The average molecular weight is 368 g/mol. The number of anilines is 1. The molecule has 1 aliphatic heterocycles. The summed E-state index contributed by atoms with van der Waals surface area (Å²) in [6.45, 7) is 5.05. The minimum atomic E-state index is -0.434. The van der Waals surface area contributed by atoms with E-state index >= 15 is 0 Å². The Kier molecular flexibility index (Phi) is 4.88. The Morgan fingerprint density at radius 1 is 1.19 bits per heavy atom. The van der Waals surface area contributed by atoms with Crippen molar-refractivity contribution in [2.45, 2.75) is 13.0 Å². The van der Waals surface area contributed by atoms with E-state index in [-0.39, 0.29) is 11.7 Å². The fraction of sp³-hybridized carbons (Fsp3) is 0.316. The van der Waals surface area contributed by atoms with Gasteiger partial charge in [0.15, 0.2) is 5.76 Å². The van der Waals surface area contributed by atoms with Crippen molar-refractivity contribution in [3.8, 4) is 11.4 Å². The van der Waals surface area contributed by atoms with Crippen LogP contribution in [0.15, 0.2) is 51.6 Å². The molecule has 3 aromatic rings. The number of rotatable bonds is 5. The van der Waals surface area contributed by atoms with Crippen LogP contribution in [-0.2, 0) is 4.74 Å². The summed E-state index contributed by atoms with van der Waals surface area (Å²) < 4.78 is 15.8. The molecule has 3 heterocycles. The molecule has 1 unspecified atom stereocenters. The van der Waals surface area contributed by atoms with Gasteiger partial charge in [0, 0.05) is 24.3 Å². The maximum absolute atomic E-state index is 12.0. The molecule has 0 aliphatic carbocycles. The Morgan fingerprint density at radius 3 is 2.67 bits per heavy atom. The predicted octanol–water partition coefficient (Wildman–Crippen LogP) is 2.66. The third kappa shape index (κ3) is 3.85. The van der Waals surface area contributed by atoms with Crippen molar-refractivity contribution in [1.29, 1.82) is 0 Å². The first-order chi connectivity index (χ1) is 13.2. The van der Waals surface area contributed by atoms with E-state index in [1.165, 1.54) is 6.26 Å². The molecule has 140 valence electrons. The van der Waals surface area contributed by atoms with Crippen LogP contribution in [-0.4, -0.2) is 42.4 Å². The lowest BCUT2D eigenvalue weighted by Gasteiger charge is -2.28. The largest absolute Gasteiger partial charge is 0.459 e. The lowest BCUT2D eigenvalue weighted by atomic mass is 10.2. The van der Waals surface area contributed by atoms with Crippen LogP contribution in [0, 0.1) is 0 Å². The molecule has 0 radical (unpaired) electrons. The maximum atomic E-state index is 12.0. The van der Waals surface area contributed by atoms with Crippen LogP contribution in [0.4, 0.5) is 5.69 Å². The molecule has 1 aliphatic rings. The summed E-state index contributed by atoms with van der Waals surface area (Å²) in [4.78, 5) is 18.7. The van der Waals surface area contributed by atoms with Gasteiger partial charge in [0.25, 0.3) is 5.91 Å². The number of hydrogen-bond acceptors (Lipinski definition) is 7. The summed E-state index contributed by atoms with van der Waals surface area (Å²) >= 11 is 0. The van der Waals surface area contributed by atoms with Crippen LogP contribution in [0.25, 0.3) is 11.4 Å². The molecule has 4 rings (SSSR count). The number of furan rings is 1. The Bertz CT molecular complexity index is 883. The molecule has 2 aromatic heterocycles. The van der Waals surface area contributed by atoms with Gasteiger partial charge in [0.2, 0.25) is 11.7 Å². The highest BCUT2D eigenvalue weighted by molar-refractivity contribution is 5.91. The van der Waals surface area contributed by atoms with E-state index in [9.17, 15) is 4.79 Å². The molecule has 1 fully saturated rings. The first-order valence-corrected chi connectivity index (χ1v) is 8.82. The zero-order chi connectivity index (χ0) is 18.6. The molecule has 8 heteroatoms. The van der Waals surface area contributed by atoms with E-state index in [1.807, 2.05) is 24.3 Å². The van der Waals surface area contributed by atoms with E-state index < -0.39 is 6.04 Å². The van der Waals surface area contributed by atoms with Gasteiger partial charge in [-0.25, -0.2) is 0 Å². The fourth-order valence-electron chi connectivity index (χ4n) is 2.91. The van der Waals surface area contributed by atoms with Crippen LogP contribution in [0.1, 0.15) is 29.4 Å². The third-order valence-corrected chi connectivity index (χ3v) is 4.41. The van der Waals surface area contributed by atoms with E-state index in [4.69, 9.17) is 13.7 Å². The number of amides is 1. The van der Waals surface area contributed by atoms with Gasteiger partial charge in [-0.3, -0.25) is 4.79 Å². The molecule has 1 saturated heterocycles. The summed E-state index contributed by atoms with van der Waals surface area (Å²) in [6, 6.07) is 10.8. The van der Waals surface area contributed by atoms with E-state index in [2.05, 4.69) is 20.4 Å². The van der Waals surface area contributed by atoms with Crippen molar-refractivity contribution in [1.82, 2.24) is 15.5 Å². The number of nitrogens with one attached hydrogen (secondary N) is 1. The Balaban J connectivity index is 1.43. The van der Waals surface area contributed by atoms with Crippen LogP contribution < -0.4 is 10.2 Å². The zero-order valence-corrected chi connectivity index (χ0v) is 14.9. The van der Waals surface area contributed by atoms with Gasteiger partial charge in [-0.15, -0.1) is 0 Å². The number of ether oxygens (including phenoxy) is 1. The summed E-state index contributed by atoms with van der Waals surface area (Å²) in [5.74, 6) is 0.724. The highest BCUT2D eigenvalue weighted by Gasteiger charge is 2.19. The van der Waals surface area contributed by atoms with Gasteiger partial charge in [-0.1, -0.05) is 5.16 Å². The van der Waals surface area contributed by atoms with Gasteiger partial charge in [-0.2, -0.15) is 4.98 Å². The van der Waals surface area contributed by atoms with Crippen LogP contribution in [0.2, 0.25) is 0 Å². The highest BCUT2D eigenvalue weighted by atomic mass is 16.5. The van der Waals surface area contributed by atoms with Crippen molar-refractivity contribution in [2.24, 2.45) is 0 Å². The lowest BCUT2D eigenvalue weighted by Crippen LogP contribution is -2.36. The molecular weight excluding hydrogens is 348 g/mol. The molecule has 27 heavy (non-hydrogen) atoms. The van der Waals surface area contributed by atoms with Crippen molar-refractivity contribution in [3.05, 3.63) is 54.3 Å². The number of aromatic nitrogens is 2. The minimum absolute atomic E-state index is 0.236. The summed E-state index contributed by atoms with van der Waals surface area (Å²) in [5, 5.41) is 6.79. The maximum Gasteiger partial charge on any atom is 0.287 e. The topological polar surface area (TPSA) is 93.6 Å². The summed E-state index contributed by atoms with van der Waals surface area (Å²) in [5.41, 5.74) is 2.00. The quantitative estimate of drug-likeness (QED) is 0.740. The number of hydrogen-bond donors (Lipinski definition) is 1. The third-order valence-electron chi connectivity index (χ3n) is 4.41. The van der Waals surface area contributed by atoms with Gasteiger partial charge in [-0.05, 0) is 43.3 Å². The minimum Gasteiger partial charge on any atom is -0.459 e. The van der Waals surface area contributed by atoms with E-state index in [0.29, 0.717) is 11.7 Å². The molecule has 0 saturated carbocycles. The molecule has 1 amide bonds. The van der Waals surface area contributed by atoms with Crippen LogP contribution in [0.3, 0.4) is 0 Å². The first-order valence-electron chi connectivity index (χ1n) is 8.82. The molecule has 1 atom stereocenters. The van der Waals surface area contributed by atoms with Gasteiger partial charge in [0.05, 0.1) is 19.5 Å². The number of carbonyl (C=O) groups excluding carboxylic acids is 1. The molecule has 1 N–H and O–H groups in total. The van der Waals surface area contributed by atoms with Gasteiger partial charge < -0.3 is 23.9 Å². The second-order valence-electron chi connectivity index (χ2n) is 6.27. The normalized spacial score (nSPS) is 15.5. The summed E-state index contributed by atoms with van der Waals surface area (Å²) in [7, 11) is 0. The van der Waals surface area contributed by atoms with Gasteiger partial charge in [0.1, 0.15) is 6.04 Å². The average Bonchev–Trinajstić information content (AvgIpc) is 3.41. The van der Waals surface area contributed by atoms with Crippen molar-refractivity contribution in [2.75, 3.05) is 31.2 Å². The van der Waals surface area contributed by atoms with Crippen LogP contribution in [0.5, 0.6) is 0 Å². The Labute approximate surface area is 156 Å². The zero-order valence-electron chi connectivity index (χ0n) is 14.9. The standard InChI is InChI=1S/C19H20N4O4/c1-13(20-18(24)16-3-2-10-26-16)19-21-17(22-27-19)14-4-6-15(7-5-14)23-8-11-25-12-9-23/h2-7,10,13H,8-9,11-12H2,1H3,(H,20,24). The molecule has 0 spiro atoms. The highest BCUT2D eigenvalue weighted by Crippen LogP contribution is 2.23. The van der Waals surface area contributed by atoms with Crippen molar-refractivity contribution < 1.29 is 18.5 Å². The molecule has 8 nitrogen and oxygen atoms in total. The van der Waals surface area contributed by atoms with Crippen molar-refractivity contribution in [3.63, 3.8) is 0 Å². The molecule has 1 aromatic carbocycles. The second kappa shape index (κ2) is 7.63. The molecule has 0 bridgehead atoms. The number of carbonyl (C=O) groups is 1. The lowest BCUT2D eigenvalue weighted by molar-refractivity contribution is 0.0904. The first kappa shape index (κ1) is 17.3. The smallest absolute Gasteiger partial charge is 0.287 e. The number of nitrogens with zero attached hydrogens (tertiary/aromatic N) is 3. The second-order valence-corrected chi connectivity index (χ2v) is 6.27. The van der Waals surface area contributed by atoms with E-state index in [1.54, 1.807) is 19.1 Å². The Morgan fingerprint density at radius 2 is 1.96 bits per heavy atom. The van der Waals surface area contributed by atoms with Gasteiger partial charge >= 0.3 is 0 Å².